The van der Waals surface area contributed by atoms with Crippen LogP contribution in [0.4, 0.5) is 0 Å². The molecule has 0 fully saturated rings. The fraction of sp³-hybridized carbons (Fsp3) is 0.750. The molecule has 0 aliphatic rings. The maximum absolute atomic E-state index is 9.80. The van der Waals surface area contributed by atoms with E-state index < -0.39 is 5.60 Å². The molecule has 0 spiro atoms. The summed E-state index contributed by atoms with van der Waals surface area (Å²) in [6.45, 7) is 2.32. The van der Waals surface area contributed by atoms with E-state index in [0.717, 1.165) is 0 Å². The van der Waals surface area contributed by atoms with Gasteiger partial charge in [-0.1, -0.05) is 0 Å². The lowest BCUT2D eigenvalue weighted by atomic mass is 9.93. The molecule has 12 heavy (non-hydrogen) atoms. The molecule has 0 aromatic carbocycles. The smallest absolute Gasteiger partial charge is 0.123 e. The quantitative estimate of drug-likeness (QED) is 0.437. The molecule has 0 unspecified atom stereocenters. The number of allylic oxidation sites excluding steroid dienone is 1. The van der Waals surface area contributed by atoms with Gasteiger partial charge in [-0.05, 0) is 38.9 Å². The molecule has 72 valence electrons. The van der Waals surface area contributed by atoms with E-state index in [0.29, 0.717) is 25.9 Å². The number of rotatable bonds is 5. The summed E-state index contributed by atoms with van der Waals surface area (Å²) in [5.41, 5.74) is 9.37. The Morgan fingerprint density at radius 1 is 1.33 bits per heavy atom. The van der Waals surface area contributed by atoms with Gasteiger partial charge in [-0.2, -0.15) is 0 Å². The summed E-state index contributed by atoms with van der Waals surface area (Å²) in [4.78, 5) is 0. The summed E-state index contributed by atoms with van der Waals surface area (Å²) in [7, 11) is 0. The zero-order valence-corrected chi connectivity index (χ0v) is 7.45. The third-order valence-electron chi connectivity index (χ3n) is 1.87. The number of aliphatic hydroxyl groups excluding tert-OH is 1. The fourth-order valence-corrected chi connectivity index (χ4v) is 1.13. The van der Waals surface area contributed by atoms with Gasteiger partial charge in [0.1, 0.15) is 11.4 Å². The van der Waals surface area contributed by atoms with Gasteiger partial charge in [-0.3, -0.25) is 0 Å². The molecular weight excluding hydrogens is 156 g/mol. The molecule has 0 radical (unpaired) electrons. The largest absolute Gasteiger partial charge is 0.510 e. The van der Waals surface area contributed by atoms with Crippen LogP contribution in [0.15, 0.2) is 11.8 Å². The molecule has 4 heteroatoms. The second-order valence-electron chi connectivity index (χ2n) is 2.78. The Balaban J connectivity index is 4.37. The van der Waals surface area contributed by atoms with E-state index in [2.05, 4.69) is 0 Å². The number of hydrogen-bond donors (Lipinski definition) is 4. The summed E-state index contributed by atoms with van der Waals surface area (Å²) < 4.78 is 0. The normalized spacial score (nSPS) is 13.5. The van der Waals surface area contributed by atoms with Crippen molar-refractivity contribution in [1.29, 1.82) is 0 Å². The zero-order chi connectivity index (χ0) is 9.61. The van der Waals surface area contributed by atoms with E-state index in [-0.39, 0.29) is 5.76 Å². The molecule has 0 bridgehead atoms. The van der Waals surface area contributed by atoms with Crippen LogP contribution < -0.4 is 11.5 Å². The molecule has 0 saturated carbocycles. The van der Waals surface area contributed by atoms with Gasteiger partial charge in [0, 0.05) is 0 Å². The third-order valence-corrected chi connectivity index (χ3v) is 1.87. The van der Waals surface area contributed by atoms with Gasteiger partial charge in [0.05, 0.1) is 0 Å². The van der Waals surface area contributed by atoms with Gasteiger partial charge in [0.2, 0.25) is 0 Å². The first kappa shape index (κ1) is 11.4. The maximum Gasteiger partial charge on any atom is 0.123 e. The van der Waals surface area contributed by atoms with Gasteiger partial charge in [-0.15, -0.1) is 0 Å². The van der Waals surface area contributed by atoms with E-state index in [1.165, 1.54) is 6.08 Å². The highest BCUT2D eigenvalue weighted by Gasteiger charge is 2.29. The number of nitrogens with two attached hydrogens (primary N) is 2. The first-order chi connectivity index (χ1) is 5.60. The lowest BCUT2D eigenvalue weighted by Crippen LogP contribution is -2.36. The van der Waals surface area contributed by atoms with Crippen LogP contribution in [0, 0.1) is 0 Å². The highest BCUT2D eigenvalue weighted by Crippen LogP contribution is 2.21. The maximum atomic E-state index is 9.80. The van der Waals surface area contributed by atoms with Crippen molar-refractivity contribution in [3.8, 4) is 0 Å². The Bertz CT molecular complexity index is 151. The molecule has 0 amide bonds. The van der Waals surface area contributed by atoms with E-state index in [1.807, 2.05) is 0 Å². The van der Waals surface area contributed by atoms with Crippen LogP contribution in [0.25, 0.3) is 0 Å². The van der Waals surface area contributed by atoms with Crippen LogP contribution >= 0.6 is 0 Å². The average molecular weight is 174 g/mol. The highest BCUT2D eigenvalue weighted by molar-refractivity contribution is 5.07. The van der Waals surface area contributed by atoms with Crippen LogP contribution in [0.1, 0.15) is 19.8 Å². The Morgan fingerprint density at radius 3 is 2.00 bits per heavy atom. The van der Waals surface area contributed by atoms with Crippen LogP contribution in [0.3, 0.4) is 0 Å². The molecule has 0 atom stereocenters. The Morgan fingerprint density at radius 2 is 1.75 bits per heavy atom. The van der Waals surface area contributed by atoms with Gasteiger partial charge in [0.15, 0.2) is 0 Å². The molecule has 0 saturated heterocycles. The SMILES string of the molecule is CC=C(O)C(O)(CCN)CCN. The van der Waals surface area contributed by atoms with E-state index in [4.69, 9.17) is 11.5 Å². The fourth-order valence-electron chi connectivity index (χ4n) is 1.13. The third kappa shape index (κ3) is 2.81. The molecule has 0 rings (SSSR count). The van der Waals surface area contributed by atoms with E-state index in [9.17, 15) is 10.2 Å². The molecule has 0 aromatic heterocycles. The van der Waals surface area contributed by atoms with Crippen molar-refractivity contribution in [3.05, 3.63) is 11.8 Å². The molecular formula is C8H18N2O2. The van der Waals surface area contributed by atoms with Crippen molar-refractivity contribution < 1.29 is 10.2 Å². The van der Waals surface area contributed by atoms with Crippen LogP contribution in [0.5, 0.6) is 0 Å². The van der Waals surface area contributed by atoms with Crippen LogP contribution in [-0.4, -0.2) is 28.9 Å². The van der Waals surface area contributed by atoms with Crippen molar-refractivity contribution in [2.24, 2.45) is 11.5 Å². The van der Waals surface area contributed by atoms with E-state index >= 15 is 0 Å². The molecule has 4 nitrogen and oxygen atoms in total. The van der Waals surface area contributed by atoms with Crippen molar-refractivity contribution in [1.82, 2.24) is 0 Å². The van der Waals surface area contributed by atoms with Crippen LogP contribution in [0.2, 0.25) is 0 Å². The van der Waals surface area contributed by atoms with Crippen LogP contribution in [-0.2, 0) is 0 Å². The van der Waals surface area contributed by atoms with Gasteiger partial charge in [0.25, 0.3) is 0 Å². The van der Waals surface area contributed by atoms with Crippen molar-refractivity contribution >= 4 is 0 Å². The van der Waals surface area contributed by atoms with E-state index in [1.54, 1.807) is 6.92 Å². The summed E-state index contributed by atoms with van der Waals surface area (Å²) >= 11 is 0. The Kier molecular flexibility index (Phi) is 4.89. The second kappa shape index (κ2) is 5.13. The summed E-state index contributed by atoms with van der Waals surface area (Å²) in [5, 5.41) is 19.1. The number of aliphatic hydroxyl groups is 2. The zero-order valence-electron chi connectivity index (χ0n) is 7.45. The number of hydrogen-bond acceptors (Lipinski definition) is 4. The summed E-state index contributed by atoms with van der Waals surface area (Å²) in [5.74, 6) is -0.0431. The summed E-state index contributed by atoms with van der Waals surface area (Å²) in [6.07, 6.45) is 2.13. The molecule has 0 aliphatic carbocycles. The molecule has 0 aliphatic heterocycles. The predicted molar refractivity (Wildman–Crippen MR) is 48.7 cm³/mol. The first-order valence-corrected chi connectivity index (χ1v) is 4.09. The Labute approximate surface area is 72.9 Å². The predicted octanol–water partition coefficient (Wildman–Crippen LogP) is -0.123. The summed E-state index contributed by atoms with van der Waals surface area (Å²) in [6, 6.07) is 0. The monoisotopic (exact) mass is 174 g/mol. The lowest BCUT2D eigenvalue weighted by Gasteiger charge is -2.26. The minimum absolute atomic E-state index is 0.0431. The Hall–Kier alpha value is -0.580. The topological polar surface area (TPSA) is 92.5 Å². The highest BCUT2D eigenvalue weighted by atomic mass is 16.3. The first-order valence-electron chi connectivity index (χ1n) is 4.09. The van der Waals surface area contributed by atoms with Gasteiger partial charge in [-0.25, -0.2) is 0 Å². The van der Waals surface area contributed by atoms with Gasteiger partial charge >= 0.3 is 0 Å². The minimum Gasteiger partial charge on any atom is -0.510 e. The minimum atomic E-state index is -1.22. The molecule has 0 heterocycles. The van der Waals surface area contributed by atoms with Crippen molar-refractivity contribution in [2.45, 2.75) is 25.4 Å². The molecule has 6 N–H and O–H groups in total. The lowest BCUT2D eigenvalue weighted by molar-refractivity contribution is 0.0236. The molecule has 0 aromatic rings. The standard InChI is InChI=1S/C8H18N2O2/c1-2-7(11)8(12,3-5-9)4-6-10/h2,11-12H,3-6,9-10H2,1H3. The van der Waals surface area contributed by atoms with Crippen molar-refractivity contribution in [3.63, 3.8) is 0 Å². The second-order valence-corrected chi connectivity index (χ2v) is 2.78. The van der Waals surface area contributed by atoms with Gasteiger partial charge < -0.3 is 21.7 Å². The van der Waals surface area contributed by atoms with Crippen molar-refractivity contribution in [2.75, 3.05) is 13.1 Å². The average Bonchev–Trinajstić information content (AvgIpc) is 2.04.